The van der Waals surface area contributed by atoms with Crippen LogP contribution >= 0.6 is 11.6 Å². The van der Waals surface area contributed by atoms with Crippen LogP contribution < -0.4 is 10.0 Å². The van der Waals surface area contributed by atoms with Crippen molar-refractivity contribution in [2.75, 3.05) is 30.6 Å². The number of hydrogen-bond donors (Lipinski definition) is 2. The SMILES string of the molecule is CCN(CC)C(CNC(=O)/C=C/c1ccc(NS(C)(=O)=O)cc1)c1ccccc1Cl. The standard InChI is InChI=1S/C22H28ClN3O3S/c1-4-26(5-2)21(19-8-6-7-9-20(19)23)16-24-22(27)15-12-17-10-13-18(14-11-17)25-30(3,28)29/h6-15,21,25H,4-5,16H2,1-3H3,(H,24,27)/b15-12+. The number of benzene rings is 2. The molecule has 0 aliphatic carbocycles. The van der Waals surface area contributed by atoms with Crippen LogP contribution in [0, 0.1) is 0 Å². The Morgan fingerprint density at radius 3 is 2.30 bits per heavy atom. The fraction of sp³-hybridized carbons (Fsp3) is 0.318. The van der Waals surface area contributed by atoms with Crippen LogP contribution in [0.25, 0.3) is 6.08 Å². The zero-order chi connectivity index (χ0) is 22.1. The van der Waals surface area contributed by atoms with Crippen molar-refractivity contribution in [3.63, 3.8) is 0 Å². The highest BCUT2D eigenvalue weighted by molar-refractivity contribution is 7.92. The molecule has 2 aromatic rings. The zero-order valence-corrected chi connectivity index (χ0v) is 19.0. The minimum Gasteiger partial charge on any atom is -0.351 e. The van der Waals surface area contributed by atoms with E-state index in [0.29, 0.717) is 17.3 Å². The second kappa shape index (κ2) is 11.2. The van der Waals surface area contributed by atoms with Gasteiger partial charge in [0.25, 0.3) is 0 Å². The number of anilines is 1. The van der Waals surface area contributed by atoms with Crippen LogP contribution in [0.4, 0.5) is 5.69 Å². The Morgan fingerprint density at radius 2 is 1.73 bits per heavy atom. The molecule has 0 bridgehead atoms. The number of nitrogens with one attached hydrogen (secondary N) is 2. The highest BCUT2D eigenvalue weighted by atomic mass is 35.5. The first kappa shape index (κ1) is 23.9. The van der Waals surface area contributed by atoms with E-state index in [1.165, 1.54) is 6.08 Å². The van der Waals surface area contributed by atoms with Gasteiger partial charge in [0, 0.05) is 23.3 Å². The van der Waals surface area contributed by atoms with Gasteiger partial charge in [0.2, 0.25) is 15.9 Å². The van der Waals surface area contributed by atoms with Crippen LogP contribution in [-0.2, 0) is 14.8 Å². The molecule has 0 saturated carbocycles. The van der Waals surface area contributed by atoms with E-state index in [9.17, 15) is 13.2 Å². The lowest BCUT2D eigenvalue weighted by Gasteiger charge is -2.30. The van der Waals surface area contributed by atoms with Gasteiger partial charge in [-0.3, -0.25) is 14.4 Å². The van der Waals surface area contributed by atoms with E-state index in [1.54, 1.807) is 30.3 Å². The van der Waals surface area contributed by atoms with Crippen LogP contribution in [0.5, 0.6) is 0 Å². The van der Waals surface area contributed by atoms with Gasteiger partial charge in [0.15, 0.2) is 0 Å². The van der Waals surface area contributed by atoms with E-state index in [1.807, 2.05) is 24.3 Å². The lowest BCUT2D eigenvalue weighted by Crippen LogP contribution is -2.37. The lowest BCUT2D eigenvalue weighted by atomic mass is 10.0. The third kappa shape index (κ3) is 7.48. The van der Waals surface area contributed by atoms with Crippen molar-refractivity contribution >= 4 is 39.3 Å². The molecular weight excluding hydrogens is 422 g/mol. The lowest BCUT2D eigenvalue weighted by molar-refractivity contribution is -0.116. The molecule has 6 nitrogen and oxygen atoms in total. The summed E-state index contributed by atoms with van der Waals surface area (Å²) in [6.07, 6.45) is 4.24. The summed E-state index contributed by atoms with van der Waals surface area (Å²) in [5, 5.41) is 3.63. The van der Waals surface area contributed by atoms with Crippen LogP contribution in [0.2, 0.25) is 5.02 Å². The first-order chi connectivity index (χ1) is 14.2. The molecule has 2 rings (SSSR count). The minimum atomic E-state index is -3.31. The third-order valence-electron chi connectivity index (χ3n) is 4.63. The van der Waals surface area contributed by atoms with Gasteiger partial charge in [0.1, 0.15) is 0 Å². The van der Waals surface area contributed by atoms with Gasteiger partial charge in [-0.1, -0.05) is 55.8 Å². The summed E-state index contributed by atoms with van der Waals surface area (Å²) < 4.78 is 24.9. The summed E-state index contributed by atoms with van der Waals surface area (Å²) in [4.78, 5) is 14.6. The van der Waals surface area contributed by atoms with E-state index in [4.69, 9.17) is 11.6 Å². The predicted molar refractivity (Wildman–Crippen MR) is 124 cm³/mol. The van der Waals surface area contributed by atoms with Gasteiger partial charge in [0.05, 0.1) is 12.3 Å². The number of rotatable bonds is 10. The first-order valence-electron chi connectivity index (χ1n) is 9.75. The minimum absolute atomic E-state index is 0.0209. The molecule has 0 aromatic heterocycles. The summed E-state index contributed by atoms with van der Waals surface area (Å²) in [5.41, 5.74) is 2.25. The molecule has 0 saturated heterocycles. The van der Waals surface area contributed by atoms with E-state index in [2.05, 4.69) is 28.8 Å². The highest BCUT2D eigenvalue weighted by Gasteiger charge is 2.20. The Labute approximate surface area is 184 Å². The fourth-order valence-corrected chi connectivity index (χ4v) is 3.98. The summed E-state index contributed by atoms with van der Waals surface area (Å²) in [7, 11) is -3.31. The number of hydrogen-bond acceptors (Lipinski definition) is 4. The topological polar surface area (TPSA) is 78.5 Å². The third-order valence-corrected chi connectivity index (χ3v) is 5.58. The number of amides is 1. The van der Waals surface area contributed by atoms with E-state index < -0.39 is 10.0 Å². The number of sulfonamides is 1. The molecule has 0 aliphatic rings. The highest BCUT2D eigenvalue weighted by Crippen LogP contribution is 2.27. The molecular formula is C22H28ClN3O3S. The zero-order valence-electron chi connectivity index (χ0n) is 17.4. The monoisotopic (exact) mass is 449 g/mol. The van der Waals surface area contributed by atoms with Crippen molar-refractivity contribution in [1.82, 2.24) is 10.2 Å². The summed E-state index contributed by atoms with van der Waals surface area (Å²) >= 11 is 6.39. The average Bonchev–Trinajstić information content (AvgIpc) is 2.70. The molecule has 0 heterocycles. The summed E-state index contributed by atoms with van der Waals surface area (Å²) in [6, 6.07) is 14.4. The van der Waals surface area contributed by atoms with Crippen molar-refractivity contribution in [2.24, 2.45) is 0 Å². The second-order valence-electron chi connectivity index (χ2n) is 6.83. The molecule has 8 heteroatoms. The maximum Gasteiger partial charge on any atom is 0.244 e. The molecule has 30 heavy (non-hydrogen) atoms. The number of carbonyl (C=O) groups is 1. The first-order valence-corrected chi connectivity index (χ1v) is 12.0. The van der Waals surface area contributed by atoms with Gasteiger partial charge in [-0.2, -0.15) is 0 Å². The van der Waals surface area contributed by atoms with Crippen LogP contribution in [-0.4, -0.2) is 45.1 Å². The molecule has 1 unspecified atom stereocenters. The molecule has 1 amide bonds. The van der Waals surface area contributed by atoms with E-state index in [0.717, 1.165) is 30.5 Å². The van der Waals surface area contributed by atoms with Crippen molar-refractivity contribution in [2.45, 2.75) is 19.9 Å². The largest absolute Gasteiger partial charge is 0.351 e. The molecule has 0 aliphatic heterocycles. The van der Waals surface area contributed by atoms with Crippen molar-refractivity contribution in [3.05, 3.63) is 70.8 Å². The number of carbonyl (C=O) groups excluding carboxylic acids is 1. The Kier molecular flexibility index (Phi) is 8.89. The molecule has 2 N–H and O–H groups in total. The van der Waals surface area contributed by atoms with Gasteiger partial charge in [-0.25, -0.2) is 8.42 Å². The Balaban J connectivity index is 2.02. The molecule has 162 valence electrons. The van der Waals surface area contributed by atoms with Crippen LogP contribution in [0.1, 0.15) is 31.0 Å². The molecule has 1 atom stereocenters. The average molecular weight is 450 g/mol. The smallest absolute Gasteiger partial charge is 0.244 e. The van der Waals surface area contributed by atoms with Gasteiger partial charge >= 0.3 is 0 Å². The van der Waals surface area contributed by atoms with Crippen LogP contribution in [0.15, 0.2) is 54.6 Å². The van der Waals surface area contributed by atoms with Gasteiger partial charge in [-0.05, 0) is 48.5 Å². The van der Waals surface area contributed by atoms with Gasteiger partial charge in [-0.15, -0.1) is 0 Å². The summed E-state index contributed by atoms with van der Waals surface area (Å²) in [5.74, 6) is -0.211. The molecule has 0 radical (unpaired) electrons. The molecule has 0 spiro atoms. The van der Waals surface area contributed by atoms with Crippen LogP contribution in [0.3, 0.4) is 0 Å². The Morgan fingerprint density at radius 1 is 1.10 bits per heavy atom. The maximum absolute atomic E-state index is 12.3. The fourth-order valence-electron chi connectivity index (χ4n) is 3.15. The predicted octanol–water partition coefficient (Wildman–Crippen LogP) is 3.92. The normalized spacial score (nSPS) is 12.8. The Bertz CT molecular complexity index is 971. The second-order valence-corrected chi connectivity index (χ2v) is 8.99. The summed E-state index contributed by atoms with van der Waals surface area (Å²) in [6.45, 7) is 6.28. The molecule has 0 fully saturated rings. The maximum atomic E-state index is 12.3. The number of nitrogens with zero attached hydrogens (tertiary/aromatic N) is 1. The Hall–Kier alpha value is -2.35. The van der Waals surface area contributed by atoms with Crippen molar-refractivity contribution in [3.8, 4) is 0 Å². The van der Waals surface area contributed by atoms with Gasteiger partial charge < -0.3 is 5.32 Å². The van der Waals surface area contributed by atoms with E-state index in [-0.39, 0.29) is 11.9 Å². The van der Waals surface area contributed by atoms with Crippen molar-refractivity contribution < 1.29 is 13.2 Å². The molecule has 2 aromatic carbocycles. The number of likely N-dealkylation sites (N-methyl/N-ethyl adjacent to an activating group) is 1. The van der Waals surface area contributed by atoms with Crippen molar-refractivity contribution in [1.29, 1.82) is 0 Å². The number of halogens is 1. The quantitative estimate of drug-likeness (QED) is 0.539. The van der Waals surface area contributed by atoms with E-state index >= 15 is 0 Å².